The summed E-state index contributed by atoms with van der Waals surface area (Å²) in [7, 11) is 0. The minimum atomic E-state index is -0.471. The van der Waals surface area contributed by atoms with Gasteiger partial charge in [-0.15, -0.1) is 0 Å². The number of Topliss-reactive ketones (excluding diaryl/α,β-unsaturated/α-hetero) is 1. The van der Waals surface area contributed by atoms with Crippen molar-refractivity contribution in [2.24, 2.45) is 5.73 Å². The second-order valence-electron chi connectivity index (χ2n) is 2.98. The molecule has 12 heavy (non-hydrogen) atoms. The normalized spacial score (nSPS) is 21.2. The lowest BCUT2D eigenvalue weighted by molar-refractivity contribution is 0.0974. The molecule has 62 valence electrons. The Balaban J connectivity index is 2.54. The summed E-state index contributed by atoms with van der Waals surface area (Å²) in [5.41, 5.74) is 6.81. The molecule has 1 atom stereocenters. The maximum absolute atomic E-state index is 12.7. The average Bonchev–Trinajstić information content (AvgIpc) is 2.28. The van der Waals surface area contributed by atoms with E-state index < -0.39 is 6.04 Å². The van der Waals surface area contributed by atoms with Gasteiger partial charge >= 0.3 is 0 Å². The van der Waals surface area contributed by atoms with Crippen LogP contribution in [0, 0.1) is 5.82 Å². The number of fused-ring (bicyclic) bond motifs is 1. The number of carbonyl (C=O) groups excluding carboxylic acids is 1. The molecule has 0 spiro atoms. The van der Waals surface area contributed by atoms with Gasteiger partial charge < -0.3 is 5.73 Å². The molecule has 1 aliphatic carbocycles. The Labute approximate surface area is 69.2 Å². The van der Waals surface area contributed by atoms with Crippen LogP contribution in [-0.2, 0) is 6.42 Å². The van der Waals surface area contributed by atoms with Crippen LogP contribution in [0.4, 0.5) is 4.39 Å². The van der Waals surface area contributed by atoms with Crippen molar-refractivity contribution >= 4 is 5.78 Å². The highest BCUT2D eigenvalue weighted by molar-refractivity contribution is 6.04. The van der Waals surface area contributed by atoms with Crippen molar-refractivity contribution in [1.29, 1.82) is 0 Å². The SMILES string of the molecule is NC1Cc2cc(F)ccc2C1=O. The van der Waals surface area contributed by atoms with Gasteiger partial charge in [0, 0.05) is 5.56 Å². The van der Waals surface area contributed by atoms with Gasteiger partial charge in [0.25, 0.3) is 0 Å². The van der Waals surface area contributed by atoms with Gasteiger partial charge in [-0.2, -0.15) is 0 Å². The molecule has 1 unspecified atom stereocenters. The summed E-state index contributed by atoms with van der Waals surface area (Å²) < 4.78 is 12.7. The highest BCUT2D eigenvalue weighted by Crippen LogP contribution is 2.21. The van der Waals surface area contributed by atoms with Gasteiger partial charge in [-0.05, 0) is 30.2 Å². The number of benzene rings is 1. The van der Waals surface area contributed by atoms with Gasteiger partial charge in [-0.25, -0.2) is 4.39 Å². The Kier molecular flexibility index (Phi) is 1.48. The molecule has 0 saturated carbocycles. The summed E-state index contributed by atoms with van der Waals surface area (Å²) in [6.07, 6.45) is 0.464. The first-order valence-electron chi connectivity index (χ1n) is 3.76. The van der Waals surface area contributed by atoms with Gasteiger partial charge in [-0.3, -0.25) is 4.79 Å². The van der Waals surface area contributed by atoms with E-state index in [0.29, 0.717) is 12.0 Å². The van der Waals surface area contributed by atoms with Crippen molar-refractivity contribution in [3.8, 4) is 0 Å². The molecule has 0 aromatic heterocycles. The number of carbonyl (C=O) groups is 1. The van der Waals surface area contributed by atoms with E-state index in [1.165, 1.54) is 18.2 Å². The molecule has 0 bridgehead atoms. The Morgan fingerprint density at radius 2 is 2.25 bits per heavy atom. The first-order chi connectivity index (χ1) is 5.68. The molecule has 0 radical (unpaired) electrons. The zero-order chi connectivity index (χ0) is 8.72. The molecule has 0 heterocycles. The Morgan fingerprint density at radius 3 is 3.00 bits per heavy atom. The maximum Gasteiger partial charge on any atom is 0.180 e. The third kappa shape index (κ3) is 0.940. The van der Waals surface area contributed by atoms with Crippen molar-refractivity contribution in [2.45, 2.75) is 12.5 Å². The predicted octanol–water partition coefficient (Wildman–Crippen LogP) is 0.892. The van der Waals surface area contributed by atoms with Crippen molar-refractivity contribution in [3.63, 3.8) is 0 Å². The molecule has 0 aliphatic heterocycles. The van der Waals surface area contributed by atoms with Crippen molar-refractivity contribution in [3.05, 3.63) is 35.1 Å². The Hall–Kier alpha value is -1.22. The van der Waals surface area contributed by atoms with Crippen LogP contribution in [0.2, 0.25) is 0 Å². The third-order valence-corrected chi connectivity index (χ3v) is 2.11. The van der Waals surface area contributed by atoms with E-state index in [2.05, 4.69) is 0 Å². The van der Waals surface area contributed by atoms with Crippen LogP contribution >= 0.6 is 0 Å². The van der Waals surface area contributed by atoms with Crippen LogP contribution in [0.1, 0.15) is 15.9 Å². The molecule has 1 aromatic rings. The molecule has 0 amide bonds. The van der Waals surface area contributed by atoms with Gasteiger partial charge in [0.15, 0.2) is 5.78 Å². The second kappa shape index (κ2) is 2.38. The number of hydrogen-bond acceptors (Lipinski definition) is 2. The van der Waals surface area contributed by atoms with Gasteiger partial charge in [-0.1, -0.05) is 0 Å². The molecule has 1 aromatic carbocycles. The minimum absolute atomic E-state index is 0.0787. The first-order valence-corrected chi connectivity index (χ1v) is 3.76. The van der Waals surface area contributed by atoms with Gasteiger partial charge in [0.2, 0.25) is 0 Å². The van der Waals surface area contributed by atoms with Gasteiger partial charge in [0.05, 0.1) is 6.04 Å². The summed E-state index contributed by atoms with van der Waals surface area (Å²) in [6, 6.07) is 3.69. The Bertz CT molecular complexity index is 348. The lowest BCUT2D eigenvalue weighted by Crippen LogP contribution is -2.26. The molecule has 1 aliphatic rings. The van der Waals surface area contributed by atoms with E-state index >= 15 is 0 Å². The standard InChI is InChI=1S/C9H8FNO/c10-6-1-2-7-5(3-6)4-8(11)9(7)12/h1-3,8H,4,11H2. The summed E-state index contributed by atoms with van der Waals surface area (Å²) >= 11 is 0. The number of halogens is 1. The monoisotopic (exact) mass is 165 g/mol. The predicted molar refractivity (Wildman–Crippen MR) is 42.4 cm³/mol. The molecule has 0 saturated heterocycles. The highest BCUT2D eigenvalue weighted by Gasteiger charge is 2.27. The third-order valence-electron chi connectivity index (χ3n) is 2.11. The molecule has 0 fully saturated rings. The molecular formula is C9H8FNO. The summed E-state index contributed by atoms with van der Waals surface area (Å²) in [5.74, 6) is -0.388. The summed E-state index contributed by atoms with van der Waals surface area (Å²) in [4.78, 5) is 11.3. The average molecular weight is 165 g/mol. The van der Waals surface area contributed by atoms with Crippen molar-refractivity contribution < 1.29 is 9.18 Å². The van der Waals surface area contributed by atoms with Crippen LogP contribution < -0.4 is 5.73 Å². The fourth-order valence-corrected chi connectivity index (χ4v) is 1.50. The number of nitrogens with two attached hydrogens (primary N) is 1. The van der Waals surface area contributed by atoms with Crippen LogP contribution in [-0.4, -0.2) is 11.8 Å². The molecule has 2 N–H and O–H groups in total. The topological polar surface area (TPSA) is 43.1 Å². The van der Waals surface area contributed by atoms with Crippen molar-refractivity contribution in [1.82, 2.24) is 0 Å². The first kappa shape index (κ1) is 7.43. The number of hydrogen-bond donors (Lipinski definition) is 1. The van der Waals surface area contributed by atoms with E-state index in [-0.39, 0.29) is 11.6 Å². The minimum Gasteiger partial charge on any atom is -0.321 e. The summed E-state index contributed by atoms with van der Waals surface area (Å²) in [5, 5.41) is 0. The van der Waals surface area contributed by atoms with E-state index in [4.69, 9.17) is 5.73 Å². The molecule has 2 rings (SSSR count). The zero-order valence-corrected chi connectivity index (χ0v) is 6.38. The quantitative estimate of drug-likeness (QED) is 0.620. The lowest BCUT2D eigenvalue weighted by atomic mass is 10.1. The maximum atomic E-state index is 12.7. The fourth-order valence-electron chi connectivity index (χ4n) is 1.50. The van der Waals surface area contributed by atoms with Gasteiger partial charge in [0.1, 0.15) is 5.82 Å². The molecule has 2 nitrogen and oxygen atoms in total. The van der Waals surface area contributed by atoms with Crippen LogP contribution in [0.5, 0.6) is 0 Å². The molecular weight excluding hydrogens is 157 g/mol. The van der Waals surface area contributed by atoms with Crippen LogP contribution in [0.3, 0.4) is 0 Å². The largest absolute Gasteiger partial charge is 0.321 e. The summed E-state index contributed by atoms with van der Waals surface area (Å²) in [6.45, 7) is 0. The molecule has 3 heteroatoms. The van der Waals surface area contributed by atoms with E-state index in [9.17, 15) is 9.18 Å². The zero-order valence-electron chi connectivity index (χ0n) is 6.38. The van der Waals surface area contributed by atoms with Crippen LogP contribution in [0.25, 0.3) is 0 Å². The Morgan fingerprint density at radius 1 is 1.50 bits per heavy atom. The second-order valence-corrected chi connectivity index (χ2v) is 2.98. The number of ketones is 1. The lowest BCUT2D eigenvalue weighted by Gasteiger charge is -1.94. The number of rotatable bonds is 0. The van der Waals surface area contributed by atoms with E-state index in [1.807, 2.05) is 0 Å². The highest BCUT2D eigenvalue weighted by atomic mass is 19.1. The fraction of sp³-hybridized carbons (Fsp3) is 0.222. The van der Waals surface area contributed by atoms with E-state index in [1.54, 1.807) is 0 Å². The smallest absolute Gasteiger partial charge is 0.180 e. The van der Waals surface area contributed by atoms with E-state index in [0.717, 1.165) is 5.56 Å². The van der Waals surface area contributed by atoms with Crippen LogP contribution in [0.15, 0.2) is 18.2 Å². The van der Waals surface area contributed by atoms with Crippen molar-refractivity contribution in [2.75, 3.05) is 0 Å².